The summed E-state index contributed by atoms with van der Waals surface area (Å²) in [5.41, 5.74) is 6.39. The van der Waals surface area contributed by atoms with Gasteiger partial charge in [-0.25, -0.2) is 0 Å². The van der Waals surface area contributed by atoms with Crippen LogP contribution < -0.4 is 15.4 Å². The van der Waals surface area contributed by atoms with Crippen LogP contribution in [0.25, 0.3) is 0 Å². The van der Waals surface area contributed by atoms with Crippen LogP contribution >= 0.6 is 0 Å². The van der Waals surface area contributed by atoms with Gasteiger partial charge in [-0.1, -0.05) is 0 Å². The molecule has 0 unspecified atom stereocenters. The Labute approximate surface area is 126 Å². The minimum atomic E-state index is -0.470. The number of carbonyl (C=O) groups is 1. The van der Waals surface area contributed by atoms with Crippen molar-refractivity contribution in [3.63, 3.8) is 0 Å². The van der Waals surface area contributed by atoms with E-state index in [2.05, 4.69) is 17.0 Å². The van der Waals surface area contributed by atoms with Crippen molar-refractivity contribution < 1.29 is 9.53 Å². The van der Waals surface area contributed by atoms with Crippen LogP contribution in [0.2, 0.25) is 0 Å². The van der Waals surface area contributed by atoms with Crippen molar-refractivity contribution in [3.05, 3.63) is 24.3 Å². The van der Waals surface area contributed by atoms with E-state index in [-0.39, 0.29) is 5.91 Å². The van der Waals surface area contributed by atoms with Gasteiger partial charge < -0.3 is 20.3 Å². The maximum atomic E-state index is 12.4. The highest BCUT2D eigenvalue weighted by Gasteiger charge is 2.32. The predicted octanol–water partition coefficient (Wildman–Crippen LogP) is 1.33. The van der Waals surface area contributed by atoms with Gasteiger partial charge in [-0.15, -0.1) is 0 Å². The van der Waals surface area contributed by atoms with E-state index in [4.69, 9.17) is 10.5 Å². The average molecular weight is 291 g/mol. The van der Waals surface area contributed by atoms with Gasteiger partial charge in [0.15, 0.2) is 0 Å². The van der Waals surface area contributed by atoms with Gasteiger partial charge in [0, 0.05) is 38.4 Å². The van der Waals surface area contributed by atoms with Crippen LogP contribution in [0.3, 0.4) is 0 Å². The molecule has 2 rings (SSSR count). The zero-order valence-corrected chi connectivity index (χ0v) is 13.1. The number of methoxy groups -OCH3 is 1. The van der Waals surface area contributed by atoms with Crippen LogP contribution in [0.5, 0.6) is 5.75 Å². The summed E-state index contributed by atoms with van der Waals surface area (Å²) >= 11 is 0. The van der Waals surface area contributed by atoms with Crippen LogP contribution in [0.15, 0.2) is 24.3 Å². The number of amides is 1. The second-order valence-corrected chi connectivity index (χ2v) is 6.07. The van der Waals surface area contributed by atoms with Crippen LogP contribution in [0, 0.1) is 5.41 Å². The molecule has 21 heavy (non-hydrogen) atoms. The number of anilines is 1. The third kappa shape index (κ3) is 3.47. The normalized spacial score (nSPS) is 16.0. The number of carbonyl (C=O) groups excluding carboxylic acids is 1. The number of nitrogens with zero attached hydrogens (tertiary/aromatic N) is 2. The molecule has 1 fully saturated rings. The number of hydrogen-bond acceptors (Lipinski definition) is 4. The Morgan fingerprint density at radius 2 is 1.76 bits per heavy atom. The molecule has 2 N–H and O–H groups in total. The Balaban J connectivity index is 1.95. The van der Waals surface area contributed by atoms with Crippen LogP contribution in [-0.2, 0) is 4.79 Å². The van der Waals surface area contributed by atoms with Crippen molar-refractivity contribution >= 4 is 11.6 Å². The molecule has 1 aromatic rings. The van der Waals surface area contributed by atoms with E-state index in [1.165, 1.54) is 5.69 Å². The lowest BCUT2D eigenvalue weighted by Crippen LogP contribution is -2.53. The first-order valence-corrected chi connectivity index (χ1v) is 7.36. The Bertz CT molecular complexity index is 477. The van der Waals surface area contributed by atoms with Crippen LogP contribution in [0.1, 0.15) is 13.8 Å². The van der Waals surface area contributed by atoms with Crippen molar-refractivity contribution in [2.45, 2.75) is 13.8 Å². The van der Waals surface area contributed by atoms with Crippen molar-refractivity contribution in [2.75, 3.05) is 44.7 Å². The molecule has 0 atom stereocenters. The highest BCUT2D eigenvalue weighted by molar-refractivity contribution is 5.82. The third-order valence-corrected chi connectivity index (χ3v) is 4.09. The largest absolute Gasteiger partial charge is 0.497 e. The molecule has 116 valence electrons. The lowest BCUT2D eigenvalue weighted by molar-refractivity contribution is -0.140. The summed E-state index contributed by atoms with van der Waals surface area (Å²) in [6.45, 7) is 7.38. The van der Waals surface area contributed by atoms with Gasteiger partial charge in [-0.2, -0.15) is 0 Å². The topological polar surface area (TPSA) is 58.8 Å². The minimum absolute atomic E-state index is 0.152. The van der Waals surface area contributed by atoms with E-state index in [0.29, 0.717) is 6.54 Å². The first-order valence-electron chi connectivity index (χ1n) is 7.36. The molecule has 5 heteroatoms. The molecule has 1 saturated heterocycles. The second kappa shape index (κ2) is 6.35. The molecule has 5 nitrogen and oxygen atoms in total. The van der Waals surface area contributed by atoms with E-state index in [1.54, 1.807) is 7.11 Å². The molecular formula is C16H25N3O2. The predicted molar refractivity (Wildman–Crippen MR) is 84.6 cm³/mol. The second-order valence-electron chi connectivity index (χ2n) is 6.07. The first-order chi connectivity index (χ1) is 9.97. The molecule has 1 aromatic carbocycles. The summed E-state index contributed by atoms with van der Waals surface area (Å²) in [5, 5.41) is 0. The molecular weight excluding hydrogens is 266 g/mol. The summed E-state index contributed by atoms with van der Waals surface area (Å²) in [6, 6.07) is 8.04. The zero-order chi connectivity index (χ0) is 15.5. The Morgan fingerprint density at radius 1 is 1.19 bits per heavy atom. The molecule has 1 heterocycles. The van der Waals surface area contributed by atoms with E-state index < -0.39 is 5.41 Å². The van der Waals surface area contributed by atoms with Gasteiger partial charge in [0.1, 0.15) is 5.75 Å². The zero-order valence-electron chi connectivity index (χ0n) is 13.1. The fourth-order valence-electron chi connectivity index (χ4n) is 2.48. The number of hydrogen-bond donors (Lipinski definition) is 1. The Kier molecular flexibility index (Phi) is 4.73. The molecule has 1 aliphatic heterocycles. The standard InChI is InChI=1S/C16H25N3O2/c1-16(2,12-17)15(20)19-10-8-18(9-11-19)13-4-6-14(21-3)7-5-13/h4-7H,8-12,17H2,1-3H3. The van der Waals surface area contributed by atoms with E-state index in [9.17, 15) is 4.79 Å². The lowest BCUT2D eigenvalue weighted by Gasteiger charge is -2.39. The van der Waals surface area contributed by atoms with Crippen molar-refractivity contribution in [2.24, 2.45) is 11.1 Å². The van der Waals surface area contributed by atoms with Crippen molar-refractivity contribution in [1.29, 1.82) is 0 Å². The Morgan fingerprint density at radius 3 is 2.24 bits per heavy atom. The quantitative estimate of drug-likeness (QED) is 0.909. The molecule has 1 aliphatic rings. The van der Waals surface area contributed by atoms with Gasteiger partial charge in [-0.05, 0) is 38.1 Å². The fraction of sp³-hybridized carbons (Fsp3) is 0.562. The smallest absolute Gasteiger partial charge is 0.229 e. The number of ether oxygens (including phenoxy) is 1. The number of rotatable bonds is 4. The maximum Gasteiger partial charge on any atom is 0.229 e. The number of nitrogens with two attached hydrogens (primary N) is 1. The molecule has 1 amide bonds. The van der Waals surface area contributed by atoms with Gasteiger partial charge in [0.2, 0.25) is 5.91 Å². The van der Waals surface area contributed by atoms with E-state index in [1.807, 2.05) is 30.9 Å². The summed E-state index contributed by atoms with van der Waals surface area (Å²) in [4.78, 5) is 16.6. The van der Waals surface area contributed by atoms with Gasteiger partial charge in [0.25, 0.3) is 0 Å². The van der Waals surface area contributed by atoms with Gasteiger partial charge >= 0.3 is 0 Å². The molecule has 0 radical (unpaired) electrons. The van der Waals surface area contributed by atoms with Crippen molar-refractivity contribution in [1.82, 2.24) is 4.90 Å². The van der Waals surface area contributed by atoms with E-state index >= 15 is 0 Å². The van der Waals surface area contributed by atoms with Crippen LogP contribution in [-0.4, -0.2) is 50.6 Å². The van der Waals surface area contributed by atoms with Crippen molar-refractivity contribution in [3.8, 4) is 5.75 Å². The lowest BCUT2D eigenvalue weighted by atomic mass is 9.91. The maximum absolute atomic E-state index is 12.4. The minimum Gasteiger partial charge on any atom is -0.497 e. The highest BCUT2D eigenvalue weighted by Crippen LogP contribution is 2.22. The first kappa shape index (κ1) is 15.6. The monoisotopic (exact) mass is 291 g/mol. The van der Waals surface area contributed by atoms with Gasteiger partial charge in [-0.3, -0.25) is 4.79 Å². The molecule has 0 saturated carbocycles. The summed E-state index contributed by atoms with van der Waals surface area (Å²) in [6.07, 6.45) is 0. The fourth-order valence-corrected chi connectivity index (χ4v) is 2.48. The Hall–Kier alpha value is -1.75. The highest BCUT2D eigenvalue weighted by atomic mass is 16.5. The van der Waals surface area contributed by atoms with E-state index in [0.717, 1.165) is 31.9 Å². The average Bonchev–Trinajstić information content (AvgIpc) is 2.54. The number of piperazine rings is 1. The third-order valence-electron chi connectivity index (χ3n) is 4.09. The molecule has 0 bridgehead atoms. The summed E-state index contributed by atoms with van der Waals surface area (Å²) in [5.74, 6) is 1.01. The number of benzene rings is 1. The van der Waals surface area contributed by atoms with Crippen LogP contribution in [0.4, 0.5) is 5.69 Å². The molecule has 0 aliphatic carbocycles. The molecule has 0 spiro atoms. The summed E-state index contributed by atoms with van der Waals surface area (Å²) in [7, 11) is 1.67. The molecule has 0 aromatic heterocycles. The van der Waals surface area contributed by atoms with Gasteiger partial charge in [0.05, 0.1) is 12.5 Å². The SMILES string of the molecule is COc1ccc(N2CCN(C(=O)C(C)(C)CN)CC2)cc1. The summed E-state index contributed by atoms with van der Waals surface area (Å²) < 4.78 is 5.17.